The number of aromatic hydroxyl groups is 1. The largest absolute Gasteiger partial charge is 0.547 e. The average Bonchev–Trinajstić information content (AvgIpc) is 2.89. The van der Waals surface area contributed by atoms with Gasteiger partial charge in [-0.15, -0.1) is 0 Å². The number of aromatic carboxylic acids is 1. The van der Waals surface area contributed by atoms with E-state index < -0.39 is 72.1 Å². The number of amides is 5. The number of para-hydroxylation sites is 1. The zero-order valence-corrected chi connectivity index (χ0v) is 21.3. The third-order valence-electron chi connectivity index (χ3n) is 6.55. The molecule has 0 radical (unpaired) electrons. The molecule has 1 saturated heterocycles. The molecule has 1 aromatic heterocycles. The summed E-state index contributed by atoms with van der Waals surface area (Å²) in [6.45, 7) is 3.46. The van der Waals surface area contributed by atoms with Gasteiger partial charge in [0.2, 0.25) is 5.91 Å². The van der Waals surface area contributed by atoms with E-state index in [1.165, 1.54) is 30.0 Å². The van der Waals surface area contributed by atoms with Gasteiger partial charge in [-0.1, -0.05) is 12.1 Å². The molecule has 5 N–H and O–H groups in total. The zero-order valence-electron chi connectivity index (χ0n) is 21.3. The number of carboxylic acid groups (broad SMARTS) is 1. The van der Waals surface area contributed by atoms with Crippen LogP contribution < -0.4 is 15.3 Å². The molecule has 14 nitrogen and oxygen atoms in total. The van der Waals surface area contributed by atoms with Gasteiger partial charge in [0.05, 0.1) is 23.7 Å². The minimum atomic E-state index is -1.88. The fourth-order valence-corrected chi connectivity index (χ4v) is 4.57. The lowest BCUT2D eigenvalue weighted by Crippen LogP contribution is -2.63. The fourth-order valence-electron chi connectivity index (χ4n) is 4.57. The Morgan fingerprint density at radius 2 is 2.00 bits per heavy atom. The molecule has 3 heterocycles. The highest BCUT2D eigenvalue weighted by Gasteiger charge is 2.43. The van der Waals surface area contributed by atoms with Crippen LogP contribution in [-0.2, 0) is 20.8 Å². The van der Waals surface area contributed by atoms with E-state index in [1.54, 1.807) is 6.92 Å². The lowest BCUT2D eigenvalue weighted by atomic mass is 9.72. The van der Waals surface area contributed by atoms with Crippen LogP contribution in [0.4, 0.5) is 9.18 Å². The van der Waals surface area contributed by atoms with Crippen LogP contribution in [-0.4, -0.2) is 91.9 Å². The number of urea groups is 1. The van der Waals surface area contributed by atoms with Gasteiger partial charge in [0.1, 0.15) is 17.2 Å². The number of nitrogens with zero attached hydrogens (tertiary/aromatic N) is 3. The number of benzene rings is 1. The molecule has 16 heteroatoms. The maximum atomic E-state index is 14.8. The maximum absolute atomic E-state index is 14.8. The second-order valence-corrected chi connectivity index (χ2v) is 9.24. The fraction of sp³-hybridized carbons (Fsp3) is 0.333. The average molecular weight is 557 g/mol. The van der Waals surface area contributed by atoms with Gasteiger partial charge in [0, 0.05) is 19.2 Å². The first-order chi connectivity index (χ1) is 18.9. The van der Waals surface area contributed by atoms with Crippen molar-refractivity contribution in [1.29, 1.82) is 0 Å². The number of hydrogen-bond acceptors (Lipinski definition) is 9. The van der Waals surface area contributed by atoms with Gasteiger partial charge < -0.3 is 35.4 Å². The highest BCUT2D eigenvalue weighted by molar-refractivity contribution is 6.47. The number of carboxylic acids is 1. The lowest BCUT2D eigenvalue weighted by Gasteiger charge is -2.37. The second kappa shape index (κ2) is 11.2. The van der Waals surface area contributed by atoms with Crippen molar-refractivity contribution in [3.05, 3.63) is 53.1 Å². The van der Waals surface area contributed by atoms with Crippen molar-refractivity contribution in [2.75, 3.05) is 13.1 Å². The number of rotatable bonds is 6. The molecule has 0 saturated carbocycles. The number of fused-ring (bicyclic) bond motifs is 1. The molecule has 3 atom stereocenters. The Kier molecular flexibility index (Phi) is 7.90. The third kappa shape index (κ3) is 5.38. The number of hydrogen-bond donors (Lipinski definition) is 5. The summed E-state index contributed by atoms with van der Waals surface area (Å²) >= 11 is 0. The van der Waals surface area contributed by atoms with Crippen LogP contribution in [0, 0.1) is 5.82 Å². The van der Waals surface area contributed by atoms with Crippen LogP contribution in [0.1, 0.15) is 41.5 Å². The highest BCUT2D eigenvalue weighted by atomic mass is 19.1. The predicted octanol–water partition coefficient (Wildman–Crippen LogP) is -0.406. The molecule has 40 heavy (non-hydrogen) atoms. The van der Waals surface area contributed by atoms with Gasteiger partial charge in [-0.25, -0.2) is 14.0 Å². The molecule has 2 aliphatic heterocycles. The number of halogens is 1. The number of aromatic nitrogens is 1. The normalized spacial score (nSPS) is 19.4. The van der Waals surface area contributed by atoms with Gasteiger partial charge >= 0.3 is 30.9 Å². The molecule has 4 rings (SSSR count). The van der Waals surface area contributed by atoms with Crippen LogP contribution in [0.25, 0.3) is 0 Å². The number of pyridine rings is 1. The Bertz CT molecular complexity index is 1390. The minimum absolute atomic E-state index is 0.0422. The van der Waals surface area contributed by atoms with Gasteiger partial charge in [0.25, 0.3) is 0 Å². The first kappa shape index (κ1) is 28.3. The van der Waals surface area contributed by atoms with Crippen molar-refractivity contribution in [2.24, 2.45) is 0 Å². The second-order valence-electron chi connectivity index (χ2n) is 9.24. The number of carbonyl (C=O) groups excluding carboxylic acids is 4. The molecule has 1 aromatic carbocycles. The molecule has 1 unspecified atom stereocenters. The van der Waals surface area contributed by atoms with Crippen molar-refractivity contribution < 1.29 is 48.3 Å². The first-order valence-corrected chi connectivity index (χ1v) is 12.2. The van der Waals surface area contributed by atoms with Gasteiger partial charge in [-0.2, -0.15) is 0 Å². The van der Waals surface area contributed by atoms with E-state index in [1.807, 2.05) is 0 Å². The molecular formula is C24H25BFN5O9. The van der Waals surface area contributed by atoms with E-state index in [-0.39, 0.29) is 30.8 Å². The highest BCUT2D eigenvalue weighted by Crippen LogP contribution is 2.30. The van der Waals surface area contributed by atoms with Crippen LogP contribution in [0.15, 0.2) is 30.5 Å². The molecule has 2 aliphatic rings. The van der Waals surface area contributed by atoms with Crippen molar-refractivity contribution in [3.8, 4) is 11.5 Å². The van der Waals surface area contributed by atoms with E-state index in [4.69, 9.17) is 4.65 Å². The van der Waals surface area contributed by atoms with Crippen molar-refractivity contribution >= 4 is 36.8 Å². The monoisotopic (exact) mass is 557 g/mol. The van der Waals surface area contributed by atoms with Gasteiger partial charge in [0.15, 0.2) is 11.9 Å². The van der Waals surface area contributed by atoms with E-state index >= 15 is 0 Å². The van der Waals surface area contributed by atoms with E-state index in [0.29, 0.717) is 16.5 Å². The summed E-state index contributed by atoms with van der Waals surface area (Å²) in [7, 11) is -1.72. The van der Waals surface area contributed by atoms with Gasteiger partial charge in [-0.05, 0) is 31.9 Å². The Morgan fingerprint density at radius 3 is 2.65 bits per heavy atom. The van der Waals surface area contributed by atoms with Crippen LogP contribution in [0.5, 0.6) is 11.5 Å². The van der Waals surface area contributed by atoms with Crippen molar-refractivity contribution in [2.45, 2.75) is 38.3 Å². The molecule has 0 spiro atoms. The minimum Gasteiger partial charge on any atom is -0.534 e. The summed E-state index contributed by atoms with van der Waals surface area (Å²) in [5.74, 6) is -7.39. The number of piperazine rings is 1. The summed E-state index contributed by atoms with van der Waals surface area (Å²) in [5.41, 5.74) is -0.461. The Morgan fingerprint density at radius 1 is 1.27 bits per heavy atom. The first-order valence-electron chi connectivity index (χ1n) is 12.2. The number of carbonyl (C=O) groups is 5. The van der Waals surface area contributed by atoms with E-state index in [9.17, 15) is 43.6 Å². The smallest absolute Gasteiger partial charge is 0.534 e. The summed E-state index contributed by atoms with van der Waals surface area (Å²) in [5, 5.41) is 34.1. The van der Waals surface area contributed by atoms with Crippen LogP contribution in [0.3, 0.4) is 0 Å². The third-order valence-corrected chi connectivity index (χ3v) is 6.55. The number of nitrogens with one attached hydrogen (secondary N) is 2. The van der Waals surface area contributed by atoms with Gasteiger partial charge in [-0.3, -0.25) is 24.3 Å². The molecular weight excluding hydrogens is 532 g/mol. The topological polar surface area (TPSA) is 199 Å². The van der Waals surface area contributed by atoms with Crippen LogP contribution in [0.2, 0.25) is 0 Å². The maximum Gasteiger partial charge on any atom is 0.547 e. The molecule has 5 amide bonds. The van der Waals surface area contributed by atoms with Crippen molar-refractivity contribution in [1.82, 2.24) is 25.4 Å². The molecule has 0 aliphatic carbocycles. The lowest BCUT2D eigenvalue weighted by molar-refractivity contribution is -0.155. The zero-order chi connectivity index (χ0) is 29.3. The summed E-state index contributed by atoms with van der Waals surface area (Å²) < 4.78 is 20.2. The molecule has 2 aromatic rings. The molecule has 0 bridgehead atoms. The molecule has 210 valence electrons. The SMILES string of the molecule is CCN1C[C@H](C)N(C(=O)NC(C(=O)N[C@H]2Cc3cccc(C(=O)O)c3OB2O)c2ncc(O)cc2F)C(=O)C1=O. The quantitative estimate of drug-likeness (QED) is 0.230. The predicted molar refractivity (Wildman–Crippen MR) is 133 cm³/mol. The Hall–Kier alpha value is -4.73. The number of imide groups is 1. The summed E-state index contributed by atoms with van der Waals surface area (Å²) in [6, 6.07) is 1.10. The van der Waals surface area contributed by atoms with Crippen molar-refractivity contribution in [3.63, 3.8) is 0 Å². The van der Waals surface area contributed by atoms with E-state index in [0.717, 1.165) is 6.20 Å². The summed E-state index contributed by atoms with van der Waals surface area (Å²) in [6.07, 6.45) is 0.753. The molecule has 1 fully saturated rings. The summed E-state index contributed by atoms with van der Waals surface area (Å²) in [4.78, 5) is 68.6. The standard InChI is InChI=1S/C24H25BFN5O9/c1-3-30-10-11(2)31(22(35)21(30)34)24(38)29-18(17-15(26)8-13(32)9-27-17)20(33)28-16-7-12-5-4-6-14(23(36)37)19(12)40-25(16)39/h4-6,8-9,11,16,18,32,39H,3,7,10H2,1-2H3,(H,28,33)(H,29,38)(H,36,37)/t11-,16-,18?/m0/s1. The Labute approximate surface area is 226 Å². The van der Waals surface area contributed by atoms with Crippen LogP contribution >= 0.6 is 0 Å². The van der Waals surface area contributed by atoms with E-state index in [2.05, 4.69) is 15.6 Å². The Balaban J connectivity index is 1.60. The number of likely N-dealkylation sites (N-methyl/N-ethyl adjacent to an activating group) is 1.